The fourth-order valence-corrected chi connectivity index (χ4v) is 6.15. The van der Waals surface area contributed by atoms with Gasteiger partial charge in [0.05, 0.1) is 5.92 Å². The topological polar surface area (TPSA) is 184 Å². The second kappa shape index (κ2) is 20.1. The van der Waals surface area contributed by atoms with Gasteiger partial charge in [0.2, 0.25) is 0 Å². The minimum atomic E-state index is -0.980. The Hall–Kier alpha value is -4.85. The van der Waals surface area contributed by atoms with Gasteiger partial charge in [-0.2, -0.15) is 4.99 Å². The zero-order valence-electron chi connectivity index (χ0n) is 28.7. The highest BCUT2D eigenvalue weighted by Crippen LogP contribution is 2.26. The Morgan fingerprint density at radius 1 is 0.824 bits per heavy atom. The Bertz CT molecular complexity index is 1490. The van der Waals surface area contributed by atoms with Gasteiger partial charge in [-0.1, -0.05) is 30.3 Å². The van der Waals surface area contributed by atoms with Gasteiger partial charge in [-0.15, -0.1) is 11.6 Å². The number of halogens is 1. The molecule has 4 N–H and O–H groups in total. The van der Waals surface area contributed by atoms with E-state index in [0.717, 1.165) is 43.6 Å². The summed E-state index contributed by atoms with van der Waals surface area (Å²) in [7, 11) is 0. The van der Waals surface area contributed by atoms with Gasteiger partial charge in [-0.05, 0) is 74.8 Å². The largest absolute Gasteiger partial charge is 0.480 e. The van der Waals surface area contributed by atoms with Crippen LogP contribution in [0.15, 0.2) is 59.6 Å². The number of piperidine rings is 1. The number of urea groups is 1. The molecule has 0 aromatic heterocycles. The van der Waals surface area contributed by atoms with Gasteiger partial charge in [-0.25, -0.2) is 9.59 Å². The number of carbonyl (C=O) groups is 5. The molecule has 2 heterocycles. The number of likely N-dealkylation sites (tertiary alicyclic amines) is 1. The lowest BCUT2D eigenvalue weighted by atomic mass is 9.86. The molecule has 276 valence electrons. The van der Waals surface area contributed by atoms with Gasteiger partial charge in [0, 0.05) is 56.6 Å². The number of hydrogen-bond donors (Lipinski definition) is 3. The fraction of sp³-hybridized carbons (Fsp3) is 0.500. The summed E-state index contributed by atoms with van der Waals surface area (Å²) in [6.45, 7) is 3.94. The minimum absolute atomic E-state index is 0.0137. The van der Waals surface area contributed by atoms with Crippen LogP contribution < -0.4 is 16.0 Å². The van der Waals surface area contributed by atoms with Crippen molar-refractivity contribution in [2.45, 2.75) is 57.6 Å². The van der Waals surface area contributed by atoms with Crippen molar-refractivity contribution in [3.05, 3.63) is 65.7 Å². The molecule has 0 spiro atoms. The number of hydrogen-bond acceptors (Lipinski definition) is 8. The number of aliphatic imine (C=N–C) groups is 1. The van der Waals surface area contributed by atoms with Crippen LogP contribution in [-0.4, -0.2) is 109 Å². The zero-order valence-corrected chi connectivity index (χ0v) is 29.5. The predicted molar refractivity (Wildman–Crippen MR) is 192 cm³/mol. The zero-order chi connectivity index (χ0) is 36.6. The number of ether oxygens (including phenoxy) is 2. The summed E-state index contributed by atoms with van der Waals surface area (Å²) in [6.07, 6.45) is 5.08. The molecule has 1 aliphatic carbocycles. The van der Waals surface area contributed by atoms with E-state index in [-0.39, 0.29) is 54.8 Å². The molecule has 0 atom stereocenters. The van der Waals surface area contributed by atoms with Crippen molar-refractivity contribution in [1.82, 2.24) is 15.1 Å². The third-order valence-electron chi connectivity index (χ3n) is 9.06. The van der Waals surface area contributed by atoms with Crippen LogP contribution in [0.2, 0.25) is 0 Å². The predicted octanol–water partition coefficient (Wildman–Crippen LogP) is 3.98. The van der Waals surface area contributed by atoms with Crippen molar-refractivity contribution < 1.29 is 38.6 Å². The molecule has 2 aromatic carbocycles. The van der Waals surface area contributed by atoms with Crippen LogP contribution in [0.1, 0.15) is 56.1 Å². The normalized spacial score (nSPS) is 19.2. The van der Waals surface area contributed by atoms with E-state index in [1.165, 1.54) is 0 Å². The number of nitrogens with two attached hydrogens (primary N) is 1. The van der Waals surface area contributed by atoms with Crippen molar-refractivity contribution in [3.63, 3.8) is 0 Å². The number of rotatable bonds is 9. The molecule has 5 rings (SSSR count). The van der Waals surface area contributed by atoms with Crippen LogP contribution in [0.25, 0.3) is 0 Å². The first-order valence-electron chi connectivity index (χ1n) is 17.3. The molecule has 0 unspecified atom stereocenters. The maximum Gasteiger partial charge on any atom is 0.435 e. The Kier molecular flexibility index (Phi) is 15.4. The van der Waals surface area contributed by atoms with Gasteiger partial charge in [-0.3, -0.25) is 14.4 Å². The summed E-state index contributed by atoms with van der Waals surface area (Å²) in [5, 5.41) is 10.7. The number of aliphatic carboxylic acids is 1. The lowest BCUT2D eigenvalue weighted by molar-refractivity contribution is -0.156. The van der Waals surface area contributed by atoms with Crippen molar-refractivity contribution in [2.75, 3.05) is 56.7 Å². The molecule has 1 saturated carbocycles. The van der Waals surface area contributed by atoms with Gasteiger partial charge in [0.15, 0.2) is 6.61 Å². The number of piperazine rings is 1. The maximum absolute atomic E-state index is 13.0. The van der Waals surface area contributed by atoms with Crippen LogP contribution in [0, 0.1) is 5.92 Å². The van der Waals surface area contributed by atoms with E-state index in [1.54, 1.807) is 4.90 Å². The summed E-state index contributed by atoms with van der Waals surface area (Å²) in [5.74, 6) is -1.85. The highest BCUT2D eigenvalue weighted by molar-refractivity contribution is 6.26. The van der Waals surface area contributed by atoms with Crippen LogP contribution in [0.3, 0.4) is 0 Å². The van der Waals surface area contributed by atoms with Crippen LogP contribution in [0.5, 0.6) is 0 Å². The molecule has 2 aromatic rings. The fourth-order valence-electron chi connectivity index (χ4n) is 6.15. The van der Waals surface area contributed by atoms with Gasteiger partial charge in [0.25, 0.3) is 5.91 Å². The first kappa shape index (κ1) is 38.9. The molecule has 14 nitrogen and oxygen atoms in total. The molecule has 51 heavy (non-hydrogen) atoms. The van der Waals surface area contributed by atoms with Crippen LogP contribution in [-0.2, 0) is 30.5 Å². The van der Waals surface area contributed by atoms with Crippen LogP contribution in [0.4, 0.5) is 15.3 Å². The lowest BCUT2D eigenvalue weighted by Gasteiger charge is -2.37. The van der Waals surface area contributed by atoms with E-state index in [0.29, 0.717) is 57.4 Å². The monoisotopic (exact) mass is 726 g/mol. The molecule has 4 amide bonds. The lowest BCUT2D eigenvalue weighted by Crippen LogP contribution is -2.54. The van der Waals surface area contributed by atoms with E-state index < -0.39 is 12.1 Å². The van der Waals surface area contributed by atoms with E-state index in [4.69, 9.17) is 31.9 Å². The number of nitrogens with zero attached hydrogens (tertiary/aromatic N) is 4. The van der Waals surface area contributed by atoms with E-state index in [9.17, 15) is 24.0 Å². The number of amidine groups is 1. The summed E-state index contributed by atoms with van der Waals surface area (Å²) in [6, 6.07) is 16.8. The third-order valence-corrected chi connectivity index (χ3v) is 9.29. The van der Waals surface area contributed by atoms with E-state index in [1.807, 2.05) is 59.5 Å². The highest BCUT2D eigenvalue weighted by atomic mass is 35.5. The summed E-state index contributed by atoms with van der Waals surface area (Å²) in [5.41, 5.74) is 8.52. The molecule has 3 fully saturated rings. The Balaban J connectivity index is 0.00000109. The summed E-state index contributed by atoms with van der Waals surface area (Å²) in [4.78, 5) is 68.8. The number of esters is 1. The SMILES string of the molecule is NC(=NC(=O)OCc1ccccc1)c1ccc(N2CCN(C(=O)NC3CCC(C(=O)OCC(=O)N4CCCCC4)CC3)CC2)cc1.O=C(O)CCl. The van der Waals surface area contributed by atoms with Gasteiger partial charge in [0.1, 0.15) is 18.3 Å². The van der Waals surface area contributed by atoms with Crippen molar-refractivity contribution in [2.24, 2.45) is 16.6 Å². The average molecular weight is 727 g/mol. The number of alkyl halides is 1. The van der Waals surface area contributed by atoms with Crippen molar-refractivity contribution >= 4 is 53.1 Å². The highest BCUT2D eigenvalue weighted by Gasteiger charge is 2.30. The number of benzene rings is 2. The Morgan fingerprint density at radius 3 is 2.06 bits per heavy atom. The number of carbonyl (C=O) groups excluding carboxylic acids is 4. The molecule has 2 saturated heterocycles. The van der Waals surface area contributed by atoms with E-state index >= 15 is 0 Å². The second-order valence-corrected chi connectivity index (χ2v) is 12.9. The summed E-state index contributed by atoms with van der Waals surface area (Å²) < 4.78 is 10.5. The smallest absolute Gasteiger partial charge is 0.435 e. The maximum atomic E-state index is 13.0. The number of carboxylic acid groups (broad SMARTS) is 1. The first-order valence-corrected chi connectivity index (χ1v) is 17.8. The number of amides is 4. The second-order valence-electron chi connectivity index (χ2n) is 12.6. The summed E-state index contributed by atoms with van der Waals surface area (Å²) >= 11 is 4.74. The Morgan fingerprint density at radius 2 is 1.45 bits per heavy atom. The van der Waals surface area contributed by atoms with Crippen LogP contribution >= 0.6 is 11.6 Å². The molecule has 3 aliphatic rings. The average Bonchev–Trinajstić information content (AvgIpc) is 3.17. The molecule has 15 heteroatoms. The Labute approximate surface area is 302 Å². The third kappa shape index (κ3) is 12.8. The number of nitrogens with one attached hydrogen (secondary N) is 1. The molecular weight excluding hydrogens is 680 g/mol. The quantitative estimate of drug-likeness (QED) is 0.148. The molecule has 0 radical (unpaired) electrons. The number of anilines is 1. The number of carboxylic acids is 1. The van der Waals surface area contributed by atoms with Crippen molar-refractivity contribution in [3.8, 4) is 0 Å². The van der Waals surface area contributed by atoms with Gasteiger partial charge < -0.3 is 40.3 Å². The van der Waals surface area contributed by atoms with E-state index in [2.05, 4.69) is 15.2 Å². The first-order chi connectivity index (χ1) is 24.6. The van der Waals surface area contributed by atoms with Crippen molar-refractivity contribution in [1.29, 1.82) is 0 Å². The molecule has 2 aliphatic heterocycles. The minimum Gasteiger partial charge on any atom is -0.480 e. The van der Waals surface area contributed by atoms with Gasteiger partial charge >= 0.3 is 24.1 Å². The molecular formula is C36H47ClN6O8. The molecule has 0 bridgehead atoms. The standard InChI is InChI=1S/C34H44N6O6.C2H3ClO2/c35-31(37-34(44)46-23-25-7-3-1-4-8-25)26-11-15-29(16-12-26)38-19-21-40(22-20-38)33(43)36-28-13-9-27(10-14-28)32(42)45-24-30(41)39-17-5-2-6-18-39;3-1-2(4)5/h1,3-4,7-8,11-12,15-16,27-28H,2,5-6,9-10,13-14,17-24H2,(H,36,43)(H2,35,37,44);1H2,(H,4,5).